The van der Waals surface area contributed by atoms with E-state index in [1.54, 1.807) is 24.7 Å². The number of benzene rings is 5. The Bertz CT molecular complexity index is 2100. The predicted molar refractivity (Wildman–Crippen MR) is 195 cm³/mol. The molecule has 48 heavy (non-hydrogen) atoms. The van der Waals surface area contributed by atoms with Gasteiger partial charge in [-0.05, 0) is 59.4 Å². The smallest absolute Gasteiger partial charge is 0.269 e. The molecule has 0 radical (unpaired) electrons. The summed E-state index contributed by atoms with van der Waals surface area (Å²) in [6, 6.07) is 35.3. The van der Waals surface area contributed by atoms with Gasteiger partial charge in [-0.3, -0.25) is 14.9 Å². The van der Waals surface area contributed by atoms with E-state index < -0.39 is 10.5 Å². The van der Waals surface area contributed by atoms with Crippen molar-refractivity contribution >= 4 is 56.2 Å². The van der Waals surface area contributed by atoms with Crippen molar-refractivity contribution in [1.29, 1.82) is 0 Å². The topological polar surface area (TPSA) is 105 Å². The molecule has 9 nitrogen and oxygen atoms in total. The average Bonchev–Trinajstić information content (AvgIpc) is 3.50. The fourth-order valence-electron chi connectivity index (χ4n) is 6.02. The molecule has 0 saturated carbocycles. The first kappa shape index (κ1) is 32.3. The Balaban J connectivity index is 1.19. The number of non-ortho nitro benzene ring substituents is 1. The van der Waals surface area contributed by atoms with Gasteiger partial charge < -0.3 is 20.1 Å². The monoisotopic (exact) mass is 656 g/mol. The zero-order valence-corrected chi connectivity index (χ0v) is 27.6. The number of imidazole rings is 1. The van der Waals surface area contributed by atoms with Gasteiger partial charge in [-0.15, -0.1) is 0 Å². The average molecular weight is 657 g/mol. The van der Waals surface area contributed by atoms with E-state index in [1.165, 1.54) is 12.1 Å². The van der Waals surface area contributed by atoms with Crippen molar-refractivity contribution in [3.8, 4) is 0 Å². The van der Waals surface area contributed by atoms with E-state index in [1.807, 2.05) is 54.8 Å². The van der Waals surface area contributed by atoms with Crippen LogP contribution in [-0.4, -0.2) is 42.5 Å². The van der Waals surface area contributed by atoms with Crippen LogP contribution in [0.3, 0.4) is 0 Å². The van der Waals surface area contributed by atoms with E-state index >= 15 is 0 Å². The van der Waals surface area contributed by atoms with Gasteiger partial charge in [0.05, 0.1) is 23.2 Å². The molecule has 5 aromatic carbocycles. The highest BCUT2D eigenvalue weighted by molar-refractivity contribution is 7.80. The Morgan fingerprint density at radius 1 is 0.896 bits per heavy atom. The number of hydrogen-bond acceptors (Lipinski definition) is 5. The molecule has 1 aromatic heterocycles. The van der Waals surface area contributed by atoms with Gasteiger partial charge in [0.25, 0.3) is 5.69 Å². The summed E-state index contributed by atoms with van der Waals surface area (Å²) in [5.41, 5.74) is 3.04. The predicted octanol–water partition coefficient (Wildman–Crippen LogP) is 7.48. The molecule has 10 heteroatoms. The third kappa shape index (κ3) is 7.67. The van der Waals surface area contributed by atoms with E-state index in [-0.39, 0.29) is 18.0 Å². The minimum absolute atomic E-state index is 0.0347. The summed E-state index contributed by atoms with van der Waals surface area (Å²) in [5.74, 6) is -0.150. The number of nitrogens with zero attached hydrogens (tertiary/aromatic N) is 4. The maximum Gasteiger partial charge on any atom is 0.269 e. The Morgan fingerprint density at radius 3 is 2.27 bits per heavy atom. The van der Waals surface area contributed by atoms with Crippen molar-refractivity contribution in [1.82, 2.24) is 19.8 Å². The van der Waals surface area contributed by atoms with E-state index in [4.69, 9.17) is 12.2 Å². The van der Waals surface area contributed by atoms with Crippen LogP contribution in [0.5, 0.6) is 0 Å². The largest absolute Gasteiger partial charge is 0.349 e. The Labute approximate surface area is 284 Å². The van der Waals surface area contributed by atoms with Crippen molar-refractivity contribution in [2.45, 2.75) is 38.9 Å². The maximum absolute atomic E-state index is 13.5. The fourth-order valence-corrected chi connectivity index (χ4v) is 6.26. The first-order valence-corrected chi connectivity index (χ1v) is 16.1. The van der Waals surface area contributed by atoms with Crippen LogP contribution in [-0.2, 0) is 24.3 Å². The lowest BCUT2D eigenvalue weighted by molar-refractivity contribution is -0.384. The second-order valence-corrected chi connectivity index (χ2v) is 12.9. The van der Waals surface area contributed by atoms with Crippen LogP contribution in [0.15, 0.2) is 122 Å². The standard InChI is InChI=1S/C38H36N6O3S/c1-38(2,41-36(45)21-32-22-39-26-43(32)23-27-17-19-31(20-18-27)44(46)47)25-42(24-30-13-7-11-28-9-3-5-14-33(28)30)37(48)40-35-16-8-12-29-10-4-6-15-34(29)35/h3-20,22,26H,21,23-25H2,1-2H3,(H,40,48)(H,41,45). The van der Waals surface area contributed by atoms with Gasteiger partial charge in [0, 0.05) is 54.7 Å². The Kier molecular flexibility index (Phi) is 9.45. The molecule has 0 fully saturated rings. The first-order chi connectivity index (χ1) is 23.1. The zero-order chi connectivity index (χ0) is 33.7. The van der Waals surface area contributed by atoms with Crippen molar-refractivity contribution in [2.24, 2.45) is 0 Å². The second-order valence-electron chi connectivity index (χ2n) is 12.5. The van der Waals surface area contributed by atoms with Gasteiger partial charge >= 0.3 is 0 Å². The van der Waals surface area contributed by atoms with Crippen LogP contribution < -0.4 is 10.6 Å². The molecule has 1 heterocycles. The van der Waals surface area contributed by atoms with Gasteiger partial charge in [0.1, 0.15) is 0 Å². The zero-order valence-electron chi connectivity index (χ0n) is 26.8. The minimum Gasteiger partial charge on any atom is -0.349 e. The lowest BCUT2D eigenvalue weighted by atomic mass is 10.0. The molecule has 1 amide bonds. The Morgan fingerprint density at radius 2 is 1.54 bits per heavy atom. The quantitative estimate of drug-likeness (QED) is 0.0846. The number of anilines is 1. The number of amides is 1. The molecule has 0 aliphatic heterocycles. The van der Waals surface area contributed by atoms with E-state index in [0.717, 1.165) is 44.1 Å². The minimum atomic E-state index is -0.657. The molecule has 0 atom stereocenters. The number of aromatic nitrogens is 2. The highest BCUT2D eigenvalue weighted by Crippen LogP contribution is 2.25. The second kappa shape index (κ2) is 14.0. The molecule has 0 spiro atoms. The summed E-state index contributed by atoms with van der Waals surface area (Å²) < 4.78 is 1.88. The van der Waals surface area contributed by atoms with E-state index in [2.05, 4.69) is 69.0 Å². The maximum atomic E-state index is 13.5. The molecule has 6 aromatic rings. The molecule has 6 rings (SSSR count). The summed E-state index contributed by atoms with van der Waals surface area (Å²) in [5, 5.41) is 22.8. The fraction of sp³-hybridized carbons (Fsp3) is 0.184. The number of nitro groups is 1. The summed E-state index contributed by atoms with van der Waals surface area (Å²) in [4.78, 5) is 30.5. The van der Waals surface area contributed by atoms with Gasteiger partial charge in [0.15, 0.2) is 5.11 Å². The number of fused-ring (bicyclic) bond motifs is 2. The Hall–Kier alpha value is -5.61. The van der Waals surface area contributed by atoms with Gasteiger partial charge in [0.2, 0.25) is 5.91 Å². The van der Waals surface area contributed by atoms with Crippen LogP contribution in [0.25, 0.3) is 21.5 Å². The molecule has 0 unspecified atom stereocenters. The third-order valence-corrected chi connectivity index (χ3v) is 8.62. The van der Waals surface area contributed by atoms with Crippen LogP contribution >= 0.6 is 12.2 Å². The van der Waals surface area contributed by atoms with Crippen LogP contribution in [0.2, 0.25) is 0 Å². The SMILES string of the molecule is CC(C)(CN(Cc1cccc2ccccc12)C(=S)Nc1cccc2ccccc12)NC(=O)Cc1cncn1Cc1ccc([N+](=O)[O-])cc1. The third-order valence-electron chi connectivity index (χ3n) is 8.26. The highest BCUT2D eigenvalue weighted by atomic mass is 32.1. The number of rotatable bonds is 11. The highest BCUT2D eigenvalue weighted by Gasteiger charge is 2.27. The number of nitrogens with one attached hydrogen (secondary N) is 2. The summed E-state index contributed by atoms with van der Waals surface area (Å²) in [6.45, 7) is 5.42. The number of nitro benzene ring substituents is 1. The van der Waals surface area contributed by atoms with Crippen LogP contribution in [0, 0.1) is 10.1 Å². The molecular formula is C38H36N6O3S. The van der Waals surface area contributed by atoms with Gasteiger partial charge in [-0.25, -0.2) is 4.98 Å². The molecule has 2 N–H and O–H groups in total. The van der Waals surface area contributed by atoms with Crippen LogP contribution in [0.1, 0.15) is 30.7 Å². The van der Waals surface area contributed by atoms with Crippen molar-refractivity contribution in [2.75, 3.05) is 11.9 Å². The lowest BCUT2D eigenvalue weighted by Gasteiger charge is -2.35. The molecular weight excluding hydrogens is 621 g/mol. The number of carbonyl (C=O) groups excluding carboxylic acids is 1. The number of hydrogen-bond donors (Lipinski definition) is 2. The van der Waals surface area contributed by atoms with Crippen molar-refractivity contribution in [3.05, 3.63) is 149 Å². The van der Waals surface area contributed by atoms with Gasteiger partial charge in [-0.1, -0.05) is 91.0 Å². The molecule has 0 aliphatic rings. The van der Waals surface area contributed by atoms with Gasteiger partial charge in [-0.2, -0.15) is 0 Å². The van der Waals surface area contributed by atoms with Crippen molar-refractivity contribution in [3.63, 3.8) is 0 Å². The normalized spacial score (nSPS) is 11.4. The molecule has 0 bridgehead atoms. The summed E-state index contributed by atoms with van der Waals surface area (Å²) in [6.07, 6.45) is 3.46. The van der Waals surface area contributed by atoms with E-state index in [9.17, 15) is 14.9 Å². The van der Waals surface area contributed by atoms with Crippen LogP contribution in [0.4, 0.5) is 11.4 Å². The number of thiocarbonyl (C=S) groups is 1. The molecule has 0 aliphatic carbocycles. The summed E-state index contributed by atoms with van der Waals surface area (Å²) >= 11 is 6.07. The van der Waals surface area contributed by atoms with E-state index in [0.29, 0.717) is 24.7 Å². The first-order valence-electron chi connectivity index (χ1n) is 15.7. The lowest BCUT2D eigenvalue weighted by Crippen LogP contribution is -2.53. The molecule has 242 valence electrons. The summed E-state index contributed by atoms with van der Waals surface area (Å²) in [7, 11) is 0. The molecule has 0 saturated heterocycles. The van der Waals surface area contributed by atoms with Crippen molar-refractivity contribution < 1.29 is 9.72 Å². The number of carbonyl (C=O) groups is 1.